The Morgan fingerprint density at radius 1 is 1.45 bits per heavy atom. The van der Waals surface area contributed by atoms with Crippen LogP contribution in [-0.2, 0) is 4.74 Å². The van der Waals surface area contributed by atoms with Crippen LogP contribution in [0.1, 0.15) is 26.5 Å². The van der Waals surface area contributed by atoms with Gasteiger partial charge >= 0.3 is 0 Å². The second-order valence-electron chi connectivity index (χ2n) is 5.48. The predicted octanol–water partition coefficient (Wildman–Crippen LogP) is 1.35. The van der Waals surface area contributed by atoms with Crippen molar-refractivity contribution in [3.63, 3.8) is 0 Å². The summed E-state index contributed by atoms with van der Waals surface area (Å²) in [6.45, 7) is 3.17. The van der Waals surface area contributed by atoms with E-state index in [-0.39, 0.29) is 12.2 Å². The maximum Gasteiger partial charge on any atom is 0.267 e. The Morgan fingerprint density at radius 2 is 2.18 bits per heavy atom. The number of nitrogens with two attached hydrogens (primary N) is 1. The molecule has 0 aliphatic carbocycles. The highest BCUT2D eigenvalue weighted by atomic mass is 19.3. The molecule has 2 aromatic heterocycles. The van der Waals surface area contributed by atoms with Crippen molar-refractivity contribution < 1.29 is 18.6 Å². The number of imidazole rings is 1. The van der Waals surface area contributed by atoms with E-state index in [1.807, 2.05) is 0 Å². The second kappa shape index (κ2) is 5.10. The first-order chi connectivity index (χ1) is 10.4. The molecule has 0 aromatic carbocycles. The van der Waals surface area contributed by atoms with Gasteiger partial charge in [-0.3, -0.25) is 4.57 Å². The van der Waals surface area contributed by atoms with Crippen LogP contribution in [-0.4, -0.2) is 42.8 Å². The molecule has 1 aliphatic heterocycles. The summed E-state index contributed by atoms with van der Waals surface area (Å²) in [6.07, 6.45) is -2.11. The molecule has 1 aliphatic rings. The number of ether oxygens (including phenoxy) is 1. The first-order valence-corrected chi connectivity index (χ1v) is 6.99. The van der Waals surface area contributed by atoms with Gasteiger partial charge in [0, 0.05) is 5.92 Å². The number of aromatic nitrogens is 4. The van der Waals surface area contributed by atoms with E-state index < -0.39 is 30.3 Å². The Morgan fingerprint density at radius 3 is 2.77 bits per heavy atom. The monoisotopic (exact) mass is 313 g/mol. The molecular formula is C13H17F2N5O2. The zero-order chi connectivity index (χ0) is 16.1. The van der Waals surface area contributed by atoms with E-state index in [0.29, 0.717) is 11.2 Å². The molecule has 4 atom stereocenters. The van der Waals surface area contributed by atoms with E-state index in [0.717, 1.165) is 0 Å². The Labute approximate surface area is 125 Å². The third kappa shape index (κ3) is 1.88. The molecule has 0 spiro atoms. The number of anilines is 1. The number of fused-ring (bicyclic) bond motifs is 1. The van der Waals surface area contributed by atoms with Crippen molar-refractivity contribution >= 4 is 17.0 Å². The van der Waals surface area contributed by atoms with Gasteiger partial charge < -0.3 is 15.6 Å². The molecule has 120 valence electrons. The predicted molar refractivity (Wildman–Crippen MR) is 74.1 cm³/mol. The Hall–Kier alpha value is -1.87. The lowest BCUT2D eigenvalue weighted by atomic mass is 9.85. The third-order valence-electron chi connectivity index (χ3n) is 4.50. The number of hydrogen-bond acceptors (Lipinski definition) is 6. The zero-order valence-electron chi connectivity index (χ0n) is 12.1. The van der Waals surface area contributed by atoms with E-state index >= 15 is 0 Å². The van der Waals surface area contributed by atoms with Crippen LogP contribution < -0.4 is 5.73 Å². The summed E-state index contributed by atoms with van der Waals surface area (Å²) in [5.74, 6) is -0.556. The molecular weight excluding hydrogens is 296 g/mol. The summed E-state index contributed by atoms with van der Waals surface area (Å²) in [7, 11) is 0. The molecule has 3 N–H and O–H groups in total. The van der Waals surface area contributed by atoms with Crippen molar-refractivity contribution in [1.29, 1.82) is 0 Å². The molecule has 3 heterocycles. The van der Waals surface area contributed by atoms with Gasteiger partial charge in [0.25, 0.3) is 6.43 Å². The van der Waals surface area contributed by atoms with Crippen LogP contribution in [0.5, 0.6) is 0 Å². The lowest BCUT2D eigenvalue weighted by Gasteiger charge is -2.30. The average molecular weight is 313 g/mol. The molecule has 7 nitrogen and oxygen atoms in total. The van der Waals surface area contributed by atoms with Gasteiger partial charge in [-0.1, -0.05) is 13.8 Å². The standard InChI is InChI=1S/C13H17F2N5O2/c1-3-13(12(14)15)6(2)8(21)11(22-13)20-5-19-7-9(16)17-4-18-10(7)20/h4-6,8,11-12,21H,3H2,1-2H3,(H2,16,17,18)/t6-,8+,11+,13+/m0/s1. The highest BCUT2D eigenvalue weighted by Gasteiger charge is 2.57. The Balaban J connectivity index is 2.06. The van der Waals surface area contributed by atoms with E-state index in [2.05, 4.69) is 15.0 Å². The van der Waals surface area contributed by atoms with E-state index in [9.17, 15) is 13.9 Å². The summed E-state index contributed by atoms with van der Waals surface area (Å²) in [5.41, 5.74) is 4.69. The van der Waals surface area contributed by atoms with Gasteiger partial charge in [-0.15, -0.1) is 0 Å². The first kappa shape index (κ1) is 15.0. The third-order valence-corrected chi connectivity index (χ3v) is 4.50. The van der Waals surface area contributed by atoms with Gasteiger partial charge in [0.15, 0.2) is 17.7 Å². The largest absolute Gasteiger partial charge is 0.388 e. The van der Waals surface area contributed by atoms with Crippen LogP contribution in [0.15, 0.2) is 12.7 Å². The molecule has 1 saturated heterocycles. The number of nitrogen functional groups attached to an aromatic ring is 1. The van der Waals surface area contributed by atoms with E-state index in [4.69, 9.17) is 10.5 Å². The number of aliphatic hydroxyl groups excluding tert-OH is 1. The minimum absolute atomic E-state index is 0.0865. The maximum absolute atomic E-state index is 13.5. The number of alkyl halides is 2. The van der Waals surface area contributed by atoms with Crippen molar-refractivity contribution in [1.82, 2.24) is 19.5 Å². The van der Waals surface area contributed by atoms with Gasteiger partial charge in [0.1, 0.15) is 23.5 Å². The van der Waals surface area contributed by atoms with Crippen molar-refractivity contribution in [3.05, 3.63) is 12.7 Å². The minimum atomic E-state index is -2.71. The molecule has 0 amide bonds. The van der Waals surface area contributed by atoms with Crippen molar-refractivity contribution in [2.75, 3.05) is 5.73 Å². The first-order valence-electron chi connectivity index (χ1n) is 6.99. The number of hydrogen-bond donors (Lipinski definition) is 2. The van der Waals surface area contributed by atoms with E-state index in [1.54, 1.807) is 13.8 Å². The molecule has 22 heavy (non-hydrogen) atoms. The van der Waals surface area contributed by atoms with Crippen molar-refractivity contribution in [2.45, 2.75) is 44.6 Å². The molecule has 0 bridgehead atoms. The fourth-order valence-electron chi connectivity index (χ4n) is 3.03. The van der Waals surface area contributed by atoms with E-state index in [1.165, 1.54) is 17.2 Å². The normalized spacial score (nSPS) is 32.2. The molecule has 0 unspecified atom stereocenters. The minimum Gasteiger partial charge on any atom is -0.388 e. The molecule has 1 fully saturated rings. The summed E-state index contributed by atoms with van der Waals surface area (Å²) in [4.78, 5) is 12.0. The fourth-order valence-corrected chi connectivity index (χ4v) is 3.03. The average Bonchev–Trinajstić information content (AvgIpc) is 3.02. The molecule has 0 radical (unpaired) electrons. The summed E-state index contributed by atoms with van der Waals surface area (Å²) >= 11 is 0. The number of aliphatic hydroxyl groups is 1. The zero-order valence-corrected chi connectivity index (χ0v) is 12.1. The number of nitrogens with zero attached hydrogens (tertiary/aromatic N) is 4. The van der Waals surface area contributed by atoms with Crippen LogP contribution in [0.2, 0.25) is 0 Å². The SMILES string of the molecule is CC[C@@]1(C(F)F)O[C@@H](n2cnc3c(N)ncnc32)[C@H](O)[C@@H]1C. The summed E-state index contributed by atoms with van der Waals surface area (Å²) in [5, 5.41) is 10.4. The van der Waals surface area contributed by atoms with Gasteiger partial charge in [-0.2, -0.15) is 0 Å². The summed E-state index contributed by atoms with van der Waals surface area (Å²) in [6, 6.07) is 0. The van der Waals surface area contributed by atoms with Gasteiger partial charge in [0.2, 0.25) is 0 Å². The van der Waals surface area contributed by atoms with Crippen LogP contribution in [0.3, 0.4) is 0 Å². The molecule has 3 rings (SSSR count). The highest BCUT2D eigenvalue weighted by molar-refractivity contribution is 5.81. The van der Waals surface area contributed by atoms with Gasteiger partial charge in [0.05, 0.1) is 6.33 Å². The second-order valence-corrected chi connectivity index (χ2v) is 5.48. The Kier molecular flexibility index (Phi) is 3.48. The topological polar surface area (TPSA) is 99.1 Å². The summed E-state index contributed by atoms with van der Waals surface area (Å²) < 4.78 is 34.0. The van der Waals surface area contributed by atoms with Crippen molar-refractivity contribution in [3.8, 4) is 0 Å². The lowest BCUT2D eigenvalue weighted by molar-refractivity contribution is -0.164. The number of halogens is 2. The number of rotatable bonds is 3. The quantitative estimate of drug-likeness (QED) is 0.887. The smallest absolute Gasteiger partial charge is 0.267 e. The van der Waals surface area contributed by atoms with Gasteiger partial charge in [-0.05, 0) is 6.42 Å². The van der Waals surface area contributed by atoms with Crippen LogP contribution in [0.4, 0.5) is 14.6 Å². The highest BCUT2D eigenvalue weighted by Crippen LogP contribution is 2.47. The fraction of sp³-hybridized carbons (Fsp3) is 0.615. The van der Waals surface area contributed by atoms with Crippen LogP contribution in [0.25, 0.3) is 11.2 Å². The maximum atomic E-state index is 13.5. The van der Waals surface area contributed by atoms with Gasteiger partial charge in [-0.25, -0.2) is 23.7 Å². The van der Waals surface area contributed by atoms with Crippen LogP contribution in [0, 0.1) is 5.92 Å². The molecule has 0 saturated carbocycles. The molecule has 2 aromatic rings. The van der Waals surface area contributed by atoms with Crippen molar-refractivity contribution in [2.24, 2.45) is 5.92 Å². The Bertz CT molecular complexity index is 694. The lowest BCUT2D eigenvalue weighted by Crippen LogP contribution is -2.43. The van der Waals surface area contributed by atoms with Crippen LogP contribution >= 0.6 is 0 Å². The molecule has 9 heteroatoms.